The second-order valence-corrected chi connectivity index (χ2v) is 7.67. The molecular formula is C27H23NO4. The van der Waals surface area contributed by atoms with Crippen LogP contribution < -0.4 is 10.1 Å². The van der Waals surface area contributed by atoms with E-state index in [0.29, 0.717) is 11.5 Å². The number of fused-ring (bicyclic) bond motifs is 1. The lowest BCUT2D eigenvalue weighted by molar-refractivity contribution is -0.133. The number of hydrogen-bond donors (Lipinski definition) is 1. The molecule has 1 atom stereocenters. The molecule has 1 N–H and O–H groups in total. The number of carbonyl (C=O) groups excluding carboxylic acids is 2. The van der Waals surface area contributed by atoms with Crippen LogP contribution in [0.1, 0.15) is 16.7 Å². The van der Waals surface area contributed by atoms with Gasteiger partial charge in [-0.25, -0.2) is 9.59 Å². The molecule has 0 bridgehead atoms. The molecular weight excluding hydrogens is 402 g/mol. The highest BCUT2D eigenvalue weighted by Crippen LogP contribution is 2.48. The molecule has 4 rings (SSSR count). The van der Waals surface area contributed by atoms with E-state index in [2.05, 4.69) is 50.5 Å². The highest BCUT2D eigenvalue weighted by molar-refractivity contribution is 5.90. The number of rotatable bonds is 7. The van der Waals surface area contributed by atoms with Gasteiger partial charge in [0, 0.05) is 35.0 Å². The summed E-state index contributed by atoms with van der Waals surface area (Å²) in [4.78, 5) is 23.4. The predicted molar refractivity (Wildman–Crippen MR) is 125 cm³/mol. The van der Waals surface area contributed by atoms with Gasteiger partial charge in [-0.05, 0) is 78.6 Å². The Bertz CT molecular complexity index is 1250. The zero-order chi connectivity index (χ0) is 22.8. The Hall–Kier alpha value is -4.12. The molecule has 1 unspecified atom stereocenters. The lowest BCUT2D eigenvalue weighted by Gasteiger charge is -2.19. The van der Waals surface area contributed by atoms with E-state index in [-0.39, 0.29) is 5.92 Å². The van der Waals surface area contributed by atoms with Gasteiger partial charge in [0.1, 0.15) is 11.5 Å². The SMILES string of the molecule is C=CC(=O)OC1=CC2=CC2C(c2cc(OC(=O)C=C)ccc2Nc2ccc(C)c(C)c2)=C1. The third kappa shape index (κ3) is 4.47. The van der Waals surface area contributed by atoms with E-state index in [4.69, 9.17) is 9.47 Å². The van der Waals surface area contributed by atoms with Gasteiger partial charge in [0.05, 0.1) is 0 Å². The van der Waals surface area contributed by atoms with Crippen molar-refractivity contribution in [3.63, 3.8) is 0 Å². The minimum Gasteiger partial charge on any atom is -0.423 e. The summed E-state index contributed by atoms with van der Waals surface area (Å²) in [6.07, 6.45) is 8.01. The first-order valence-corrected chi connectivity index (χ1v) is 10.2. The average Bonchev–Trinajstić information content (AvgIpc) is 3.56. The Morgan fingerprint density at radius 1 is 0.938 bits per heavy atom. The highest BCUT2D eigenvalue weighted by atomic mass is 16.5. The Morgan fingerprint density at radius 2 is 1.69 bits per heavy atom. The van der Waals surface area contributed by atoms with Crippen molar-refractivity contribution >= 4 is 28.9 Å². The lowest BCUT2D eigenvalue weighted by Crippen LogP contribution is -2.07. The van der Waals surface area contributed by atoms with Crippen LogP contribution in [-0.4, -0.2) is 11.9 Å². The molecule has 0 saturated carbocycles. The van der Waals surface area contributed by atoms with Crippen LogP contribution in [0.2, 0.25) is 0 Å². The van der Waals surface area contributed by atoms with Gasteiger partial charge in [-0.2, -0.15) is 0 Å². The van der Waals surface area contributed by atoms with E-state index in [1.807, 2.05) is 24.3 Å². The van der Waals surface area contributed by atoms with Crippen LogP contribution in [-0.2, 0) is 14.3 Å². The fraction of sp³-hybridized carbons (Fsp3) is 0.111. The van der Waals surface area contributed by atoms with Crippen molar-refractivity contribution in [1.29, 1.82) is 0 Å². The number of hydrogen-bond acceptors (Lipinski definition) is 5. The van der Waals surface area contributed by atoms with Crippen molar-refractivity contribution in [2.75, 3.05) is 5.32 Å². The number of carbonyl (C=O) groups is 2. The van der Waals surface area contributed by atoms with E-state index in [1.54, 1.807) is 12.1 Å². The summed E-state index contributed by atoms with van der Waals surface area (Å²) in [5.41, 5.74) is 7.03. The van der Waals surface area contributed by atoms with Crippen molar-refractivity contribution < 1.29 is 19.1 Å². The summed E-state index contributed by atoms with van der Waals surface area (Å²) in [6.45, 7) is 11.0. The maximum Gasteiger partial charge on any atom is 0.335 e. The zero-order valence-electron chi connectivity index (χ0n) is 18.0. The van der Waals surface area contributed by atoms with Crippen LogP contribution >= 0.6 is 0 Å². The van der Waals surface area contributed by atoms with Crippen LogP contribution in [0.3, 0.4) is 0 Å². The molecule has 2 aliphatic rings. The average molecular weight is 425 g/mol. The molecule has 0 aliphatic heterocycles. The topological polar surface area (TPSA) is 64.6 Å². The van der Waals surface area contributed by atoms with Gasteiger partial charge in [-0.15, -0.1) is 0 Å². The molecule has 0 radical (unpaired) electrons. The van der Waals surface area contributed by atoms with Gasteiger partial charge >= 0.3 is 11.9 Å². The fourth-order valence-electron chi connectivity index (χ4n) is 3.53. The van der Waals surface area contributed by atoms with E-state index >= 15 is 0 Å². The normalized spacial score (nSPS) is 15.9. The highest BCUT2D eigenvalue weighted by Gasteiger charge is 2.33. The van der Waals surface area contributed by atoms with Crippen molar-refractivity contribution in [3.05, 3.63) is 108 Å². The molecule has 0 saturated heterocycles. The molecule has 2 aliphatic carbocycles. The van der Waals surface area contributed by atoms with E-state index in [9.17, 15) is 9.59 Å². The van der Waals surface area contributed by atoms with Gasteiger partial charge in [-0.1, -0.05) is 25.3 Å². The molecule has 0 amide bonds. The molecule has 5 nitrogen and oxygen atoms in total. The number of esters is 2. The molecule has 0 aromatic heterocycles. The number of aryl methyl sites for hydroxylation is 2. The number of allylic oxidation sites excluding steroid dienone is 5. The molecule has 2 aromatic rings. The Balaban J connectivity index is 1.74. The van der Waals surface area contributed by atoms with Gasteiger partial charge in [-0.3, -0.25) is 0 Å². The Labute approximate surface area is 187 Å². The summed E-state index contributed by atoms with van der Waals surface area (Å²) in [5, 5.41) is 3.47. The predicted octanol–water partition coefficient (Wildman–Crippen LogP) is 5.70. The summed E-state index contributed by atoms with van der Waals surface area (Å²) >= 11 is 0. The molecule has 0 spiro atoms. The summed E-state index contributed by atoms with van der Waals surface area (Å²) in [6, 6.07) is 11.6. The van der Waals surface area contributed by atoms with Crippen molar-refractivity contribution in [2.45, 2.75) is 13.8 Å². The molecule has 5 heteroatoms. The van der Waals surface area contributed by atoms with Gasteiger partial charge in [0.15, 0.2) is 0 Å². The standard InChI is InChI=1S/C27H23NO4/c1-5-26(29)31-20-9-10-25(28-19-8-7-16(3)17(4)11-19)24(14-20)23-15-21(32-27(30)6-2)12-18-13-22(18)23/h5-15,22,28H,1-2H2,3-4H3. The van der Waals surface area contributed by atoms with Crippen LogP contribution in [0, 0.1) is 19.8 Å². The molecule has 2 aromatic carbocycles. The monoisotopic (exact) mass is 425 g/mol. The first-order valence-electron chi connectivity index (χ1n) is 10.2. The maximum atomic E-state index is 11.7. The van der Waals surface area contributed by atoms with Crippen molar-refractivity contribution in [3.8, 4) is 5.75 Å². The lowest BCUT2D eigenvalue weighted by atomic mass is 9.93. The van der Waals surface area contributed by atoms with Gasteiger partial charge in [0.25, 0.3) is 0 Å². The van der Waals surface area contributed by atoms with Crippen LogP contribution in [0.5, 0.6) is 5.75 Å². The quantitative estimate of drug-likeness (QED) is 0.350. The van der Waals surface area contributed by atoms with Crippen LogP contribution in [0.15, 0.2) is 91.3 Å². The second-order valence-electron chi connectivity index (χ2n) is 7.67. The number of benzene rings is 2. The van der Waals surface area contributed by atoms with Crippen molar-refractivity contribution in [2.24, 2.45) is 5.92 Å². The molecule has 160 valence electrons. The first-order chi connectivity index (χ1) is 15.4. The number of nitrogens with one attached hydrogen (secondary N) is 1. The largest absolute Gasteiger partial charge is 0.423 e. The summed E-state index contributed by atoms with van der Waals surface area (Å²) in [7, 11) is 0. The third-order valence-electron chi connectivity index (χ3n) is 5.41. The smallest absolute Gasteiger partial charge is 0.335 e. The van der Waals surface area contributed by atoms with E-state index in [1.165, 1.54) is 11.1 Å². The Morgan fingerprint density at radius 3 is 2.41 bits per heavy atom. The minimum atomic E-state index is -0.533. The summed E-state index contributed by atoms with van der Waals surface area (Å²) < 4.78 is 10.7. The van der Waals surface area contributed by atoms with Gasteiger partial charge in [0.2, 0.25) is 0 Å². The summed E-state index contributed by atoms with van der Waals surface area (Å²) in [5.74, 6) is -0.0944. The number of anilines is 2. The van der Waals surface area contributed by atoms with E-state index < -0.39 is 11.9 Å². The third-order valence-corrected chi connectivity index (χ3v) is 5.41. The molecule has 0 heterocycles. The zero-order valence-corrected chi connectivity index (χ0v) is 18.0. The molecule has 0 fully saturated rings. The maximum absolute atomic E-state index is 11.7. The van der Waals surface area contributed by atoms with Crippen LogP contribution in [0.25, 0.3) is 5.57 Å². The van der Waals surface area contributed by atoms with E-state index in [0.717, 1.165) is 40.2 Å². The fourth-order valence-corrected chi connectivity index (χ4v) is 3.53. The van der Waals surface area contributed by atoms with Crippen molar-refractivity contribution in [1.82, 2.24) is 0 Å². The Kier molecular flexibility index (Phi) is 5.65. The minimum absolute atomic E-state index is 0.117. The van der Waals surface area contributed by atoms with Crippen LogP contribution in [0.4, 0.5) is 11.4 Å². The first kappa shape index (κ1) is 21.1. The molecule has 32 heavy (non-hydrogen) atoms. The second kappa shape index (κ2) is 8.55. The number of ether oxygens (including phenoxy) is 2. The van der Waals surface area contributed by atoms with Gasteiger partial charge < -0.3 is 14.8 Å².